The van der Waals surface area contributed by atoms with Gasteiger partial charge in [0.25, 0.3) is 5.91 Å². The van der Waals surface area contributed by atoms with E-state index in [2.05, 4.69) is 22.4 Å². The van der Waals surface area contributed by atoms with Gasteiger partial charge in [-0.3, -0.25) is 9.78 Å². The van der Waals surface area contributed by atoms with E-state index in [9.17, 15) is 4.79 Å². The van der Waals surface area contributed by atoms with E-state index in [1.54, 1.807) is 30.6 Å². The lowest BCUT2D eigenvalue weighted by Gasteiger charge is -2.14. The number of anilines is 1. The molecule has 0 fully saturated rings. The van der Waals surface area contributed by atoms with Crippen LogP contribution in [0.3, 0.4) is 0 Å². The van der Waals surface area contributed by atoms with Crippen molar-refractivity contribution in [3.63, 3.8) is 0 Å². The molecule has 6 heteroatoms. The summed E-state index contributed by atoms with van der Waals surface area (Å²) in [5, 5.41) is 4.37. The molecular weight excluding hydrogens is 465 g/mol. The van der Waals surface area contributed by atoms with Gasteiger partial charge in [0.15, 0.2) is 0 Å². The SMILES string of the molecule is Cl.O=C(Nc1ccccc1Cc1ccccc1)c1cc(-c2cccnc2)nc2ccc(Cl)cc12. The number of carbonyl (C=O) groups excluding carboxylic acids is 1. The quantitative estimate of drug-likeness (QED) is 0.286. The van der Waals surface area contributed by atoms with Crippen LogP contribution in [0.4, 0.5) is 5.69 Å². The second-order valence-electron chi connectivity index (χ2n) is 7.73. The zero-order valence-corrected chi connectivity index (χ0v) is 19.7. The number of fused-ring (bicyclic) bond motifs is 1. The molecule has 2 aromatic heterocycles. The summed E-state index contributed by atoms with van der Waals surface area (Å²) in [6.07, 6.45) is 4.17. The molecule has 5 aromatic rings. The monoisotopic (exact) mass is 485 g/mol. The fourth-order valence-corrected chi connectivity index (χ4v) is 4.02. The number of hydrogen-bond acceptors (Lipinski definition) is 3. The molecule has 0 aliphatic heterocycles. The van der Waals surface area contributed by atoms with Gasteiger partial charge < -0.3 is 5.32 Å². The van der Waals surface area contributed by atoms with Gasteiger partial charge in [-0.25, -0.2) is 4.98 Å². The number of aromatic nitrogens is 2. The van der Waals surface area contributed by atoms with Gasteiger partial charge in [0, 0.05) is 34.1 Å². The van der Waals surface area contributed by atoms with Crippen LogP contribution in [-0.4, -0.2) is 15.9 Å². The van der Waals surface area contributed by atoms with E-state index in [1.807, 2.05) is 60.7 Å². The van der Waals surface area contributed by atoms with Gasteiger partial charge in [-0.1, -0.05) is 60.1 Å². The average Bonchev–Trinajstić information content (AvgIpc) is 2.86. The molecule has 5 rings (SSSR count). The number of nitrogens with zero attached hydrogens (tertiary/aromatic N) is 2. The lowest BCUT2D eigenvalue weighted by Crippen LogP contribution is -2.14. The first-order chi connectivity index (χ1) is 16.2. The fourth-order valence-electron chi connectivity index (χ4n) is 3.85. The second kappa shape index (κ2) is 10.5. The number of pyridine rings is 2. The first-order valence-corrected chi connectivity index (χ1v) is 11.0. The van der Waals surface area contributed by atoms with E-state index < -0.39 is 0 Å². The topological polar surface area (TPSA) is 54.9 Å². The predicted octanol–water partition coefficient (Wildman–Crippen LogP) is 7.22. The zero-order chi connectivity index (χ0) is 22.6. The molecule has 0 saturated heterocycles. The van der Waals surface area contributed by atoms with Crippen molar-refractivity contribution in [3.8, 4) is 11.3 Å². The van der Waals surface area contributed by atoms with Gasteiger partial charge >= 0.3 is 0 Å². The van der Waals surface area contributed by atoms with Gasteiger partial charge in [0.2, 0.25) is 0 Å². The smallest absolute Gasteiger partial charge is 0.256 e. The lowest BCUT2D eigenvalue weighted by atomic mass is 10.0. The summed E-state index contributed by atoms with van der Waals surface area (Å²) in [4.78, 5) is 22.4. The third-order valence-corrected chi connectivity index (χ3v) is 5.71. The van der Waals surface area contributed by atoms with Gasteiger partial charge in [-0.05, 0) is 60.0 Å². The molecule has 0 radical (unpaired) electrons. The van der Waals surface area contributed by atoms with E-state index in [-0.39, 0.29) is 18.3 Å². The average molecular weight is 486 g/mol. The maximum absolute atomic E-state index is 13.5. The molecule has 0 spiro atoms. The third-order valence-electron chi connectivity index (χ3n) is 5.48. The molecule has 34 heavy (non-hydrogen) atoms. The first kappa shape index (κ1) is 23.4. The van der Waals surface area contributed by atoms with E-state index >= 15 is 0 Å². The van der Waals surface area contributed by atoms with E-state index in [0.29, 0.717) is 27.2 Å². The highest BCUT2D eigenvalue weighted by molar-refractivity contribution is 6.31. The Morgan fingerprint density at radius 3 is 2.47 bits per heavy atom. The molecule has 0 bridgehead atoms. The number of carbonyl (C=O) groups is 1. The normalized spacial score (nSPS) is 10.5. The molecule has 0 atom stereocenters. The van der Waals surface area contributed by atoms with E-state index in [1.165, 1.54) is 5.56 Å². The van der Waals surface area contributed by atoms with E-state index in [0.717, 1.165) is 23.2 Å². The molecule has 4 nitrogen and oxygen atoms in total. The van der Waals surface area contributed by atoms with Crippen LogP contribution in [0, 0.1) is 0 Å². The molecule has 3 aromatic carbocycles. The van der Waals surface area contributed by atoms with Gasteiger partial charge in [0.1, 0.15) is 0 Å². The Balaban J connectivity index is 0.00000274. The number of benzene rings is 3. The van der Waals surface area contributed by atoms with Crippen LogP contribution in [0.1, 0.15) is 21.5 Å². The Morgan fingerprint density at radius 2 is 1.68 bits per heavy atom. The molecular formula is C28H21Cl2N3O. The lowest BCUT2D eigenvalue weighted by molar-refractivity contribution is 0.102. The van der Waals surface area contributed by atoms with Crippen molar-refractivity contribution in [2.24, 2.45) is 0 Å². The van der Waals surface area contributed by atoms with Gasteiger partial charge in [-0.15, -0.1) is 12.4 Å². The highest BCUT2D eigenvalue weighted by atomic mass is 35.5. The predicted molar refractivity (Wildman–Crippen MR) is 141 cm³/mol. The summed E-state index contributed by atoms with van der Waals surface area (Å²) in [6.45, 7) is 0. The minimum absolute atomic E-state index is 0. The number of halogens is 2. The molecule has 1 N–H and O–H groups in total. The van der Waals surface area contributed by atoms with Crippen LogP contribution < -0.4 is 5.32 Å². The van der Waals surface area contributed by atoms with Crippen LogP contribution >= 0.6 is 24.0 Å². The molecule has 0 aliphatic rings. The molecule has 168 valence electrons. The fraction of sp³-hybridized carbons (Fsp3) is 0.0357. The minimum atomic E-state index is -0.213. The number of hydrogen-bond donors (Lipinski definition) is 1. The van der Waals surface area contributed by atoms with Crippen molar-refractivity contribution in [2.75, 3.05) is 5.32 Å². The maximum atomic E-state index is 13.5. The van der Waals surface area contributed by atoms with Gasteiger partial charge in [-0.2, -0.15) is 0 Å². The van der Waals surface area contributed by atoms with Crippen LogP contribution in [0.25, 0.3) is 22.2 Å². The summed E-state index contributed by atoms with van der Waals surface area (Å²) in [5.74, 6) is -0.213. The van der Waals surface area contributed by atoms with Crippen molar-refractivity contribution in [1.82, 2.24) is 9.97 Å². The number of amides is 1. The minimum Gasteiger partial charge on any atom is -0.322 e. The summed E-state index contributed by atoms with van der Waals surface area (Å²) in [6, 6.07) is 29.0. The molecule has 2 heterocycles. The Labute approximate surface area is 209 Å². The van der Waals surface area contributed by atoms with Crippen molar-refractivity contribution in [2.45, 2.75) is 6.42 Å². The number of nitrogens with one attached hydrogen (secondary N) is 1. The molecule has 1 amide bonds. The third kappa shape index (κ3) is 5.09. The zero-order valence-electron chi connectivity index (χ0n) is 18.1. The van der Waals surface area contributed by atoms with Gasteiger partial charge in [0.05, 0.1) is 16.8 Å². The summed E-state index contributed by atoms with van der Waals surface area (Å²) in [7, 11) is 0. The largest absolute Gasteiger partial charge is 0.322 e. The maximum Gasteiger partial charge on any atom is 0.256 e. The molecule has 0 saturated carbocycles. The summed E-state index contributed by atoms with van der Waals surface area (Å²) in [5.41, 5.74) is 5.73. The van der Waals surface area contributed by atoms with Crippen molar-refractivity contribution in [3.05, 3.63) is 125 Å². The number of rotatable bonds is 5. The molecule has 0 unspecified atom stereocenters. The molecule has 0 aliphatic carbocycles. The Bertz CT molecular complexity index is 1440. The summed E-state index contributed by atoms with van der Waals surface area (Å²) < 4.78 is 0. The highest BCUT2D eigenvalue weighted by Crippen LogP contribution is 2.28. The van der Waals surface area contributed by atoms with Crippen LogP contribution in [0.15, 0.2) is 103 Å². The van der Waals surface area contributed by atoms with E-state index in [4.69, 9.17) is 16.6 Å². The van der Waals surface area contributed by atoms with Crippen molar-refractivity contribution >= 4 is 46.5 Å². The highest BCUT2D eigenvalue weighted by Gasteiger charge is 2.16. The van der Waals surface area contributed by atoms with Crippen LogP contribution in [-0.2, 0) is 6.42 Å². The van der Waals surface area contributed by atoms with Crippen molar-refractivity contribution in [1.29, 1.82) is 0 Å². The number of para-hydroxylation sites is 1. The Hall–Kier alpha value is -3.73. The Kier molecular flexibility index (Phi) is 7.21. The van der Waals surface area contributed by atoms with Crippen LogP contribution in [0.2, 0.25) is 5.02 Å². The standard InChI is InChI=1S/C28H20ClN3O.ClH/c29-22-12-13-26-23(16-22)24(17-27(31-26)21-10-6-14-30-18-21)28(33)32-25-11-5-4-9-20(25)15-19-7-2-1-3-8-19;/h1-14,16-18H,15H2,(H,32,33);1H. The Morgan fingerprint density at radius 1 is 0.882 bits per heavy atom. The summed E-state index contributed by atoms with van der Waals surface area (Å²) >= 11 is 6.26. The second-order valence-corrected chi connectivity index (χ2v) is 8.17. The van der Waals surface area contributed by atoms with Crippen molar-refractivity contribution < 1.29 is 4.79 Å². The first-order valence-electron chi connectivity index (χ1n) is 10.6. The van der Waals surface area contributed by atoms with Crippen LogP contribution in [0.5, 0.6) is 0 Å².